The summed E-state index contributed by atoms with van der Waals surface area (Å²) < 4.78 is 0. The molecule has 0 saturated carbocycles. The maximum absolute atomic E-state index is 12.2. The lowest BCUT2D eigenvalue weighted by Gasteiger charge is -2.21. The van der Waals surface area contributed by atoms with Crippen molar-refractivity contribution < 1.29 is 9.59 Å². The molecule has 2 aliphatic rings. The Morgan fingerprint density at radius 3 is 2.59 bits per heavy atom. The fourth-order valence-electron chi connectivity index (χ4n) is 2.75. The van der Waals surface area contributed by atoms with E-state index >= 15 is 0 Å². The van der Waals surface area contributed by atoms with Crippen LogP contribution in [0.15, 0.2) is 0 Å². The highest BCUT2D eigenvalue weighted by atomic mass is 16.2. The van der Waals surface area contributed by atoms with Crippen molar-refractivity contribution in [2.45, 2.75) is 33.1 Å². The zero-order chi connectivity index (χ0) is 12.4. The third kappa shape index (κ3) is 2.79. The van der Waals surface area contributed by atoms with Crippen LogP contribution in [0.25, 0.3) is 0 Å². The summed E-state index contributed by atoms with van der Waals surface area (Å²) in [6.45, 7) is 7.38. The molecule has 2 heterocycles. The van der Waals surface area contributed by atoms with E-state index < -0.39 is 0 Å². The van der Waals surface area contributed by atoms with Crippen molar-refractivity contribution in [3.63, 3.8) is 0 Å². The molecule has 17 heavy (non-hydrogen) atoms. The molecule has 0 radical (unpaired) electrons. The summed E-state index contributed by atoms with van der Waals surface area (Å²) in [7, 11) is 0. The molecule has 0 N–H and O–H groups in total. The van der Waals surface area contributed by atoms with Gasteiger partial charge in [0.15, 0.2) is 0 Å². The van der Waals surface area contributed by atoms with E-state index in [1.165, 1.54) is 0 Å². The molecule has 4 nitrogen and oxygen atoms in total. The predicted molar refractivity (Wildman–Crippen MR) is 65.3 cm³/mol. The van der Waals surface area contributed by atoms with Gasteiger partial charge in [-0.2, -0.15) is 0 Å². The van der Waals surface area contributed by atoms with Crippen LogP contribution in [-0.2, 0) is 9.59 Å². The molecule has 0 aromatic carbocycles. The first-order chi connectivity index (χ1) is 8.08. The second-order valence-electron chi connectivity index (χ2n) is 5.63. The predicted octanol–water partition coefficient (Wildman–Crippen LogP) is 1.11. The molecule has 2 fully saturated rings. The van der Waals surface area contributed by atoms with Crippen LogP contribution < -0.4 is 0 Å². The molecule has 2 saturated heterocycles. The van der Waals surface area contributed by atoms with E-state index in [9.17, 15) is 9.59 Å². The number of hydrogen-bond donors (Lipinski definition) is 0. The van der Waals surface area contributed by atoms with Gasteiger partial charge in [-0.1, -0.05) is 13.8 Å². The minimum atomic E-state index is -0.0839. The van der Waals surface area contributed by atoms with E-state index in [4.69, 9.17) is 0 Å². The minimum Gasteiger partial charge on any atom is -0.342 e. The van der Waals surface area contributed by atoms with Crippen LogP contribution in [0.1, 0.15) is 33.1 Å². The zero-order valence-electron chi connectivity index (χ0n) is 10.8. The summed E-state index contributed by atoms with van der Waals surface area (Å²) >= 11 is 0. The van der Waals surface area contributed by atoms with Crippen LogP contribution in [0.5, 0.6) is 0 Å². The summed E-state index contributed by atoms with van der Waals surface area (Å²) in [4.78, 5) is 27.7. The van der Waals surface area contributed by atoms with E-state index in [1.807, 2.05) is 9.80 Å². The molecule has 0 aliphatic carbocycles. The van der Waals surface area contributed by atoms with E-state index in [-0.39, 0.29) is 17.7 Å². The Balaban J connectivity index is 1.91. The van der Waals surface area contributed by atoms with Crippen LogP contribution in [0.3, 0.4) is 0 Å². The highest BCUT2D eigenvalue weighted by molar-refractivity contribution is 5.89. The number of hydrogen-bond acceptors (Lipinski definition) is 2. The van der Waals surface area contributed by atoms with Crippen LogP contribution in [0, 0.1) is 11.8 Å². The fraction of sp³-hybridized carbons (Fsp3) is 0.846. The second kappa shape index (κ2) is 5.07. The molecule has 0 bridgehead atoms. The normalized spacial score (nSPS) is 25.1. The Labute approximate surface area is 103 Å². The molecule has 2 rings (SSSR count). The quantitative estimate of drug-likeness (QED) is 0.739. The largest absolute Gasteiger partial charge is 0.342 e. The molecule has 1 atom stereocenters. The van der Waals surface area contributed by atoms with Crippen molar-refractivity contribution in [1.29, 1.82) is 0 Å². The number of likely N-dealkylation sites (tertiary alicyclic amines) is 2. The van der Waals surface area contributed by atoms with Gasteiger partial charge in [-0.05, 0) is 18.8 Å². The molecule has 0 spiro atoms. The average Bonchev–Trinajstić information content (AvgIpc) is 2.87. The van der Waals surface area contributed by atoms with Gasteiger partial charge < -0.3 is 9.80 Å². The topological polar surface area (TPSA) is 40.6 Å². The van der Waals surface area contributed by atoms with Gasteiger partial charge in [0.2, 0.25) is 11.8 Å². The number of carbonyl (C=O) groups excluding carboxylic acids is 2. The molecule has 0 aromatic heterocycles. The Morgan fingerprint density at radius 1 is 1.35 bits per heavy atom. The highest BCUT2D eigenvalue weighted by Gasteiger charge is 2.36. The van der Waals surface area contributed by atoms with Crippen LogP contribution in [0.4, 0.5) is 0 Å². The van der Waals surface area contributed by atoms with Crippen LogP contribution >= 0.6 is 0 Å². The molecule has 4 heteroatoms. The van der Waals surface area contributed by atoms with Crippen molar-refractivity contribution in [2.75, 3.05) is 26.2 Å². The Morgan fingerprint density at radius 2 is 2.00 bits per heavy atom. The molecular formula is C13H22N2O2. The van der Waals surface area contributed by atoms with Crippen molar-refractivity contribution in [1.82, 2.24) is 9.80 Å². The van der Waals surface area contributed by atoms with Crippen molar-refractivity contribution in [3.05, 3.63) is 0 Å². The zero-order valence-corrected chi connectivity index (χ0v) is 10.8. The monoisotopic (exact) mass is 238 g/mol. The minimum absolute atomic E-state index is 0.0839. The van der Waals surface area contributed by atoms with Gasteiger partial charge >= 0.3 is 0 Å². The fourth-order valence-corrected chi connectivity index (χ4v) is 2.75. The lowest BCUT2D eigenvalue weighted by atomic mass is 10.1. The first kappa shape index (κ1) is 12.4. The molecular weight excluding hydrogens is 216 g/mol. The summed E-state index contributed by atoms with van der Waals surface area (Å²) in [5.41, 5.74) is 0. The third-order valence-electron chi connectivity index (χ3n) is 3.57. The molecule has 2 amide bonds. The standard InChI is InChI=1S/C13H22N2O2/c1-10(2)8-15-9-11(7-12(15)16)13(17)14-5-3-4-6-14/h10-11H,3-9H2,1-2H3/t11-/m1/s1. The van der Waals surface area contributed by atoms with E-state index in [0.717, 1.165) is 32.5 Å². The highest BCUT2D eigenvalue weighted by Crippen LogP contribution is 2.22. The lowest BCUT2D eigenvalue weighted by molar-refractivity contribution is -0.134. The number of nitrogens with zero attached hydrogens (tertiary/aromatic N) is 2. The summed E-state index contributed by atoms with van der Waals surface area (Å²) in [6.07, 6.45) is 2.65. The lowest BCUT2D eigenvalue weighted by Crippen LogP contribution is -2.36. The van der Waals surface area contributed by atoms with E-state index in [0.29, 0.717) is 18.9 Å². The third-order valence-corrected chi connectivity index (χ3v) is 3.57. The Hall–Kier alpha value is -1.06. The van der Waals surface area contributed by atoms with Gasteiger partial charge in [0.05, 0.1) is 5.92 Å². The van der Waals surface area contributed by atoms with Gasteiger partial charge in [-0.25, -0.2) is 0 Å². The van der Waals surface area contributed by atoms with Gasteiger partial charge in [0.25, 0.3) is 0 Å². The first-order valence-corrected chi connectivity index (χ1v) is 6.64. The van der Waals surface area contributed by atoms with E-state index in [1.54, 1.807) is 0 Å². The summed E-state index contributed by atoms with van der Waals surface area (Å²) in [5, 5.41) is 0. The molecule has 96 valence electrons. The van der Waals surface area contributed by atoms with Gasteiger partial charge in [-0.15, -0.1) is 0 Å². The average molecular weight is 238 g/mol. The van der Waals surface area contributed by atoms with Crippen molar-refractivity contribution in [3.8, 4) is 0 Å². The molecule has 0 unspecified atom stereocenters. The summed E-state index contributed by atoms with van der Waals surface area (Å²) in [5.74, 6) is 0.734. The SMILES string of the molecule is CC(C)CN1C[C@H](C(=O)N2CCCC2)CC1=O. The van der Waals surface area contributed by atoms with Crippen LogP contribution in [-0.4, -0.2) is 47.8 Å². The van der Waals surface area contributed by atoms with Gasteiger partial charge in [0.1, 0.15) is 0 Å². The smallest absolute Gasteiger partial charge is 0.227 e. The summed E-state index contributed by atoms with van der Waals surface area (Å²) in [6, 6.07) is 0. The molecule has 2 aliphatic heterocycles. The maximum atomic E-state index is 12.2. The van der Waals surface area contributed by atoms with Crippen molar-refractivity contribution in [2.24, 2.45) is 11.8 Å². The number of carbonyl (C=O) groups is 2. The van der Waals surface area contributed by atoms with Gasteiger partial charge in [0, 0.05) is 32.6 Å². The number of amides is 2. The second-order valence-corrected chi connectivity index (χ2v) is 5.63. The van der Waals surface area contributed by atoms with Crippen molar-refractivity contribution >= 4 is 11.8 Å². The first-order valence-electron chi connectivity index (χ1n) is 6.64. The van der Waals surface area contributed by atoms with Gasteiger partial charge in [-0.3, -0.25) is 9.59 Å². The maximum Gasteiger partial charge on any atom is 0.227 e. The Bertz CT molecular complexity index is 309. The molecule has 0 aromatic rings. The number of rotatable bonds is 3. The van der Waals surface area contributed by atoms with Crippen LogP contribution in [0.2, 0.25) is 0 Å². The van der Waals surface area contributed by atoms with E-state index in [2.05, 4.69) is 13.8 Å². The Kier molecular flexibility index (Phi) is 3.69.